The van der Waals surface area contributed by atoms with Crippen molar-refractivity contribution in [2.24, 2.45) is 0 Å². The molecular weight excluding hydrogens is 250 g/mol. The van der Waals surface area contributed by atoms with Crippen molar-refractivity contribution >= 4 is 16.6 Å². The zero-order valence-corrected chi connectivity index (χ0v) is 10.7. The first-order valence-electron chi connectivity index (χ1n) is 6.27. The third-order valence-electron chi connectivity index (χ3n) is 3.03. The largest absolute Gasteiger partial charge is 0.393 e. The molecule has 1 aromatic carbocycles. The van der Waals surface area contributed by atoms with Crippen LogP contribution in [0.1, 0.15) is 19.8 Å². The highest BCUT2D eigenvalue weighted by Crippen LogP contribution is 2.24. The van der Waals surface area contributed by atoms with Gasteiger partial charge in [-0.1, -0.05) is 6.92 Å². The van der Waals surface area contributed by atoms with E-state index < -0.39 is 11.6 Å². The van der Waals surface area contributed by atoms with E-state index in [1.807, 2.05) is 6.92 Å². The van der Waals surface area contributed by atoms with Crippen LogP contribution in [0.3, 0.4) is 0 Å². The van der Waals surface area contributed by atoms with Gasteiger partial charge in [0, 0.05) is 29.9 Å². The van der Waals surface area contributed by atoms with Crippen molar-refractivity contribution in [2.75, 3.05) is 11.9 Å². The summed E-state index contributed by atoms with van der Waals surface area (Å²) in [4.78, 5) is 3.91. The molecule has 1 atom stereocenters. The summed E-state index contributed by atoms with van der Waals surface area (Å²) in [6, 6.07) is 3.74. The molecular formula is C14H16F2N2O. The molecule has 0 bridgehead atoms. The Hall–Kier alpha value is -1.75. The fraction of sp³-hybridized carbons (Fsp3) is 0.357. The molecule has 0 aliphatic heterocycles. The Kier molecular flexibility index (Phi) is 4.27. The highest BCUT2D eigenvalue weighted by atomic mass is 19.1. The van der Waals surface area contributed by atoms with E-state index in [1.54, 1.807) is 6.07 Å². The Morgan fingerprint density at radius 3 is 2.89 bits per heavy atom. The van der Waals surface area contributed by atoms with E-state index in [0.29, 0.717) is 30.5 Å². The van der Waals surface area contributed by atoms with E-state index in [4.69, 9.17) is 0 Å². The van der Waals surface area contributed by atoms with Gasteiger partial charge in [0.15, 0.2) is 5.82 Å². The van der Waals surface area contributed by atoms with Gasteiger partial charge in [0.05, 0.1) is 6.10 Å². The van der Waals surface area contributed by atoms with Gasteiger partial charge in [-0.2, -0.15) is 0 Å². The van der Waals surface area contributed by atoms with Crippen molar-refractivity contribution in [2.45, 2.75) is 25.9 Å². The summed E-state index contributed by atoms with van der Waals surface area (Å²) in [6.45, 7) is 2.43. The van der Waals surface area contributed by atoms with Crippen LogP contribution >= 0.6 is 0 Å². The maximum absolute atomic E-state index is 13.6. The number of aromatic nitrogens is 1. The maximum Gasteiger partial charge on any atom is 0.152 e. The minimum atomic E-state index is -0.674. The van der Waals surface area contributed by atoms with Gasteiger partial charge in [-0.25, -0.2) is 8.78 Å². The highest BCUT2D eigenvalue weighted by molar-refractivity contribution is 5.91. The summed E-state index contributed by atoms with van der Waals surface area (Å²) >= 11 is 0. The Morgan fingerprint density at radius 2 is 2.16 bits per heavy atom. The lowest BCUT2D eigenvalue weighted by molar-refractivity contribution is 0.164. The molecule has 3 nitrogen and oxygen atoms in total. The Balaban J connectivity index is 2.23. The van der Waals surface area contributed by atoms with Gasteiger partial charge in [0.25, 0.3) is 0 Å². The molecule has 5 heteroatoms. The van der Waals surface area contributed by atoms with E-state index in [9.17, 15) is 13.9 Å². The third-order valence-corrected chi connectivity index (χ3v) is 3.03. The number of rotatable bonds is 5. The number of halogens is 2. The van der Waals surface area contributed by atoms with Crippen LogP contribution in [-0.4, -0.2) is 22.7 Å². The van der Waals surface area contributed by atoms with Crippen LogP contribution in [0.4, 0.5) is 14.5 Å². The average Bonchev–Trinajstić information content (AvgIpc) is 2.39. The van der Waals surface area contributed by atoms with E-state index in [-0.39, 0.29) is 11.6 Å². The second kappa shape index (κ2) is 5.93. The number of hydrogen-bond acceptors (Lipinski definition) is 3. The van der Waals surface area contributed by atoms with Crippen molar-refractivity contribution < 1.29 is 13.9 Å². The second-order valence-corrected chi connectivity index (χ2v) is 4.42. The number of nitrogens with one attached hydrogen (secondary N) is 1. The number of fused-ring (bicyclic) bond motifs is 1. The van der Waals surface area contributed by atoms with Crippen LogP contribution in [0.25, 0.3) is 10.9 Å². The molecule has 2 rings (SSSR count). The molecule has 0 spiro atoms. The molecule has 0 saturated carbocycles. The number of aliphatic hydroxyl groups excluding tert-OH is 1. The lowest BCUT2D eigenvalue weighted by atomic mass is 10.1. The van der Waals surface area contributed by atoms with Gasteiger partial charge < -0.3 is 10.4 Å². The first kappa shape index (κ1) is 13.7. The molecule has 0 aliphatic rings. The molecule has 19 heavy (non-hydrogen) atoms. The summed E-state index contributed by atoms with van der Waals surface area (Å²) < 4.78 is 26.8. The molecule has 1 unspecified atom stereocenters. The normalized spacial score (nSPS) is 12.6. The number of pyridine rings is 1. The summed E-state index contributed by atoms with van der Waals surface area (Å²) in [5, 5.41) is 12.9. The maximum atomic E-state index is 13.6. The number of benzene rings is 1. The molecule has 0 amide bonds. The Morgan fingerprint density at radius 1 is 1.37 bits per heavy atom. The number of anilines is 1. The van der Waals surface area contributed by atoms with Gasteiger partial charge in [-0.3, -0.25) is 4.98 Å². The lowest BCUT2D eigenvalue weighted by Crippen LogP contribution is -2.12. The minimum absolute atomic E-state index is 0.141. The predicted octanol–water partition coefficient (Wildman–Crippen LogP) is 3.09. The molecule has 1 aromatic heterocycles. The van der Waals surface area contributed by atoms with Crippen LogP contribution in [0, 0.1) is 11.6 Å². The summed E-state index contributed by atoms with van der Waals surface area (Å²) in [5.74, 6) is -1.30. The van der Waals surface area contributed by atoms with Gasteiger partial charge in [0.2, 0.25) is 0 Å². The minimum Gasteiger partial charge on any atom is -0.393 e. The number of hydrogen-bond donors (Lipinski definition) is 2. The van der Waals surface area contributed by atoms with Crippen molar-refractivity contribution in [1.29, 1.82) is 0 Å². The molecule has 0 saturated heterocycles. The van der Waals surface area contributed by atoms with Gasteiger partial charge in [0.1, 0.15) is 11.3 Å². The fourth-order valence-corrected chi connectivity index (χ4v) is 1.91. The van der Waals surface area contributed by atoms with E-state index in [2.05, 4.69) is 10.3 Å². The Labute approximate surface area is 110 Å². The molecule has 0 fully saturated rings. The van der Waals surface area contributed by atoms with Gasteiger partial charge in [-0.15, -0.1) is 0 Å². The topological polar surface area (TPSA) is 45.1 Å². The smallest absolute Gasteiger partial charge is 0.152 e. The number of aliphatic hydroxyl groups is 1. The average molecular weight is 266 g/mol. The summed E-state index contributed by atoms with van der Waals surface area (Å²) in [6.07, 6.45) is 2.37. The molecule has 2 aromatic rings. The zero-order valence-electron chi connectivity index (χ0n) is 10.7. The quantitative estimate of drug-likeness (QED) is 0.874. The van der Waals surface area contributed by atoms with Crippen LogP contribution in [-0.2, 0) is 0 Å². The fourth-order valence-electron chi connectivity index (χ4n) is 1.91. The molecule has 0 radical (unpaired) electrons. The van der Waals surface area contributed by atoms with E-state index >= 15 is 0 Å². The third kappa shape index (κ3) is 3.17. The summed E-state index contributed by atoms with van der Waals surface area (Å²) in [5.41, 5.74) is 0.758. The van der Waals surface area contributed by atoms with Crippen LogP contribution in [0.5, 0.6) is 0 Å². The van der Waals surface area contributed by atoms with Crippen molar-refractivity contribution in [3.63, 3.8) is 0 Å². The van der Waals surface area contributed by atoms with Crippen LogP contribution < -0.4 is 5.32 Å². The van der Waals surface area contributed by atoms with Crippen molar-refractivity contribution in [3.8, 4) is 0 Å². The molecule has 0 aliphatic carbocycles. The van der Waals surface area contributed by atoms with Crippen LogP contribution in [0.2, 0.25) is 0 Å². The number of nitrogens with zero attached hydrogens (tertiary/aromatic N) is 1. The predicted molar refractivity (Wildman–Crippen MR) is 71.1 cm³/mol. The van der Waals surface area contributed by atoms with Gasteiger partial charge in [-0.05, 0) is 25.0 Å². The van der Waals surface area contributed by atoms with Crippen molar-refractivity contribution in [3.05, 3.63) is 36.0 Å². The first-order valence-corrected chi connectivity index (χ1v) is 6.27. The molecule has 102 valence electrons. The van der Waals surface area contributed by atoms with E-state index in [0.717, 1.165) is 6.07 Å². The zero-order chi connectivity index (χ0) is 13.8. The van der Waals surface area contributed by atoms with E-state index in [1.165, 1.54) is 12.3 Å². The monoisotopic (exact) mass is 266 g/mol. The van der Waals surface area contributed by atoms with Crippen molar-refractivity contribution in [1.82, 2.24) is 4.98 Å². The molecule has 1 heterocycles. The summed E-state index contributed by atoms with van der Waals surface area (Å²) in [7, 11) is 0. The standard InChI is InChI=1S/C14H16F2N2O/c1-2-10(19)3-5-17-13-4-6-18-14-11(13)7-9(15)8-12(14)16/h4,6-8,10,19H,2-3,5H2,1H3,(H,17,18). The molecule has 2 N–H and O–H groups in total. The highest BCUT2D eigenvalue weighted by Gasteiger charge is 2.09. The Bertz CT molecular complexity index is 575. The second-order valence-electron chi connectivity index (χ2n) is 4.42. The lowest BCUT2D eigenvalue weighted by Gasteiger charge is -2.12. The van der Waals surface area contributed by atoms with Crippen LogP contribution in [0.15, 0.2) is 24.4 Å². The first-order chi connectivity index (χ1) is 9.11. The van der Waals surface area contributed by atoms with Gasteiger partial charge >= 0.3 is 0 Å². The SMILES string of the molecule is CCC(O)CCNc1ccnc2c(F)cc(F)cc12.